The van der Waals surface area contributed by atoms with Crippen LogP contribution in [0.2, 0.25) is 0 Å². The molecule has 0 saturated heterocycles. The van der Waals surface area contributed by atoms with E-state index >= 15 is 0 Å². The maximum absolute atomic E-state index is 11.9. The number of hydrogen-bond donors (Lipinski definition) is 4. The number of anilines is 1. The lowest BCUT2D eigenvalue weighted by Crippen LogP contribution is -2.33. The van der Waals surface area contributed by atoms with Crippen molar-refractivity contribution in [3.63, 3.8) is 0 Å². The normalized spacial score (nSPS) is 13.5. The van der Waals surface area contributed by atoms with Gasteiger partial charge in [0.25, 0.3) is 5.91 Å². The third-order valence-electron chi connectivity index (χ3n) is 4.64. The van der Waals surface area contributed by atoms with E-state index in [1.54, 1.807) is 30.3 Å². The monoisotopic (exact) mass is 427 g/mol. The number of benzene rings is 2. The van der Waals surface area contributed by atoms with E-state index in [1.165, 1.54) is 0 Å². The molecule has 8 nitrogen and oxygen atoms in total. The predicted molar refractivity (Wildman–Crippen MR) is 118 cm³/mol. The predicted octanol–water partition coefficient (Wildman–Crippen LogP) is 1.73. The largest absolute Gasteiger partial charge is 0.492 e. The quantitative estimate of drug-likeness (QED) is 0.407. The first kappa shape index (κ1) is 22.6. The van der Waals surface area contributed by atoms with Gasteiger partial charge in [0.15, 0.2) is 0 Å². The molecule has 1 heterocycles. The van der Waals surface area contributed by atoms with Crippen molar-refractivity contribution in [2.24, 2.45) is 0 Å². The van der Waals surface area contributed by atoms with Crippen molar-refractivity contribution < 1.29 is 24.2 Å². The van der Waals surface area contributed by atoms with Crippen molar-refractivity contribution in [1.29, 1.82) is 0 Å². The van der Waals surface area contributed by atoms with Crippen molar-refractivity contribution in [1.82, 2.24) is 10.6 Å². The number of ether oxygens (including phenoxy) is 2. The number of carbonyl (C=O) groups excluding carboxylic acids is 2. The Morgan fingerprint density at radius 1 is 1.16 bits per heavy atom. The van der Waals surface area contributed by atoms with Crippen molar-refractivity contribution >= 4 is 17.5 Å². The van der Waals surface area contributed by atoms with E-state index in [0.717, 1.165) is 11.3 Å². The smallest absolute Gasteiger partial charge is 0.251 e. The highest BCUT2D eigenvalue weighted by atomic mass is 16.5. The van der Waals surface area contributed by atoms with Crippen LogP contribution in [-0.4, -0.2) is 55.4 Å². The van der Waals surface area contributed by atoms with Gasteiger partial charge in [-0.1, -0.05) is 6.07 Å². The van der Waals surface area contributed by atoms with Crippen LogP contribution in [0.25, 0.3) is 0 Å². The molecule has 1 aliphatic rings. The van der Waals surface area contributed by atoms with Crippen LogP contribution in [0.15, 0.2) is 42.5 Å². The molecule has 8 heteroatoms. The zero-order valence-electron chi connectivity index (χ0n) is 17.8. The van der Waals surface area contributed by atoms with Crippen LogP contribution in [0.1, 0.15) is 29.8 Å². The second-order valence-corrected chi connectivity index (χ2v) is 7.68. The second-order valence-electron chi connectivity index (χ2n) is 7.68. The molecular weight excluding hydrogens is 398 g/mol. The molecule has 0 fully saturated rings. The lowest BCUT2D eigenvalue weighted by atomic mass is 10.1. The minimum atomic E-state index is -0.695. The summed E-state index contributed by atoms with van der Waals surface area (Å²) in [6.45, 7) is 5.27. The van der Waals surface area contributed by atoms with Crippen molar-refractivity contribution in [2.75, 3.05) is 31.6 Å². The van der Waals surface area contributed by atoms with E-state index in [4.69, 9.17) is 9.47 Å². The molecule has 1 atom stereocenters. The SMILES string of the molecule is CC(C)NC(=O)c1ccc(OCCNCC(O)COc2cccc3c2CC(=O)N3)cc1. The molecule has 2 amide bonds. The maximum atomic E-state index is 11.9. The lowest BCUT2D eigenvalue weighted by molar-refractivity contribution is -0.115. The maximum Gasteiger partial charge on any atom is 0.251 e. The van der Waals surface area contributed by atoms with Crippen LogP contribution < -0.4 is 25.4 Å². The molecule has 1 unspecified atom stereocenters. The van der Waals surface area contributed by atoms with Gasteiger partial charge in [-0.15, -0.1) is 0 Å². The number of aliphatic hydroxyl groups excluding tert-OH is 1. The molecule has 2 aromatic rings. The highest BCUT2D eigenvalue weighted by Gasteiger charge is 2.21. The van der Waals surface area contributed by atoms with Crippen LogP contribution in [0, 0.1) is 0 Å². The van der Waals surface area contributed by atoms with E-state index in [0.29, 0.717) is 43.2 Å². The van der Waals surface area contributed by atoms with Crippen LogP contribution in [0.4, 0.5) is 5.69 Å². The fourth-order valence-corrected chi connectivity index (χ4v) is 3.16. The first-order valence-electron chi connectivity index (χ1n) is 10.4. The molecular formula is C23H29N3O5. The number of amides is 2. The Morgan fingerprint density at radius 3 is 2.68 bits per heavy atom. The Morgan fingerprint density at radius 2 is 1.94 bits per heavy atom. The molecule has 0 bridgehead atoms. The number of nitrogens with one attached hydrogen (secondary N) is 3. The number of carbonyl (C=O) groups is 2. The molecule has 0 spiro atoms. The Labute approximate surface area is 181 Å². The van der Waals surface area contributed by atoms with E-state index in [2.05, 4.69) is 16.0 Å². The third kappa shape index (κ3) is 6.70. The van der Waals surface area contributed by atoms with Crippen LogP contribution in [-0.2, 0) is 11.2 Å². The number of fused-ring (bicyclic) bond motifs is 1. The van der Waals surface area contributed by atoms with Gasteiger partial charge in [-0.3, -0.25) is 9.59 Å². The van der Waals surface area contributed by atoms with Gasteiger partial charge in [-0.05, 0) is 50.2 Å². The van der Waals surface area contributed by atoms with Gasteiger partial charge in [0.05, 0.1) is 6.42 Å². The number of rotatable bonds is 11. The molecule has 0 saturated carbocycles. The van der Waals surface area contributed by atoms with E-state index in [1.807, 2.05) is 26.0 Å². The Balaban J connectivity index is 1.32. The van der Waals surface area contributed by atoms with Crippen molar-refractivity contribution in [3.05, 3.63) is 53.6 Å². The summed E-state index contributed by atoms with van der Waals surface area (Å²) in [4.78, 5) is 23.5. The van der Waals surface area contributed by atoms with Crippen LogP contribution >= 0.6 is 0 Å². The first-order valence-corrected chi connectivity index (χ1v) is 10.4. The van der Waals surface area contributed by atoms with E-state index in [9.17, 15) is 14.7 Å². The Kier molecular flexibility index (Phi) is 7.86. The minimum Gasteiger partial charge on any atom is -0.492 e. The first-order chi connectivity index (χ1) is 14.9. The van der Waals surface area contributed by atoms with Crippen molar-refractivity contribution in [2.45, 2.75) is 32.4 Å². The summed E-state index contributed by atoms with van der Waals surface area (Å²) in [6, 6.07) is 12.5. The van der Waals surface area contributed by atoms with E-state index in [-0.39, 0.29) is 24.5 Å². The van der Waals surface area contributed by atoms with Gasteiger partial charge in [-0.25, -0.2) is 0 Å². The summed E-state index contributed by atoms with van der Waals surface area (Å²) in [5.74, 6) is 1.13. The van der Waals surface area contributed by atoms with Gasteiger partial charge in [0.2, 0.25) is 5.91 Å². The standard InChI is InChI=1S/C23H29N3O5/c1-15(2)25-23(29)16-6-8-18(9-7-16)30-11-10-24-13-17(27)14-31-21-5-3-4-20-19(21)12-22(28)26-20/h3-9,15,17,24,27H,10-14H2,1-2H3,(H,25,29)(H,26,28). The molecule has 4 N–H and O–H groups in total. The summed E-state index contributed by atoms with van der Waals surface area (Å²) in [5, 5.41) is 18.9. The van der Waals surface area contributed by atoms with Crippen molar-refractivity contribution in [3.8, 4) is 11.5 Å². The van der Waals surface area contributed by atoms with Crippen LogP contribution in [0.3, 0.4) is 0 Å². The fourth-order valence-electron chi connectivity index (χ4n) is 3.16. The molecule has 1 aliphatic heterocycles. The zero-order valence-corrected chi connectivity index (χ0v) is 17.8. The molecule has 0 aliphatic carbocycles. The summed E-state index contributed by atoms with van der Waals surface area (Å²) >= 11 is 0. The van der Waals surface area contributed by atoms with E-state index < -0.39 is 6.10 Å². The minimum absolute atomic E-state index is 0.0540. The van der Waals surface area contributed by atoms with Gasteiger partial charge < -0.3 is 30.5 Å². The topological polar surface area (TPSA) is 109 Å². The summed E-state index contributed by atoms with van der Waals surface area (Å²) in [6.07, 6.45) is -0.403. The summed E-state index contributed by atoms with van der Waals surface area (Å²) in [5.41, 5.74) is 2.18. The van der Waals surface area contributed by atoms with Crippen LogP contribution in [0.5, 0.6) is 11.5 Å². The highest BCUT2D eigenvalue weighted by molar-refractivity contribution is 6.00. The number of aliphatic hydroxyl groups is 1. The van der Waals surface area contributed by atoms with Gasteiger partial charge >= 0.3 is 0 Å². The average Bonchev–Trinajstić information content (AvgIpc) is 3.12. The lowest BCUT2D eigenvalue weighted by Gasteiger charge is -2.15. The summed E-state index contributed by atoms with van der Waals surface area (Å²) < 4.78 is 11.3. The molecule has 166 valence electrons. The molecule has 0 radical (unpaired) electrons. The van der Waals surface area contributed by atoms with Gasteiger partial charge in [0.1, 0.15) is 30.8 Å². The molecule has 2 aromatic carbocycles. The molecule has 3 rings (SSSR count). The zero-order chi connectivity index (χ0) is 22.2. The Bertz CT molecular complexity index is 899. The molecule has 0 aromatic heterocycles. The van der Waals surface area contributed by atoms with Gasteiger partial charge in [0, 0.05) is 35.9 Å². The fraction of sp³-hybridized carbons (Fsp3) is 0.391. The van der Waals surface area contributed by atoms with Gasteiger partial charge in [-0.2, -0.15) is 0 Å². The highest BCUT2D eigenvalue weighted by Crippen LogP contribution is 2.31. The summed E-state index contributed by atoms with van der Waals surface area (Å²) in [7, 11) is 0. The second kappa shape index (κ2) is 10.8. The molecule has 31 heavy (non-hydrogen) atoms. The number of hydrogen-bond acceptors (Lipinski definition) is 6. The third-order valence-corrected chi connectivity index (χ3v) is 4.64. The Hall–Kier alpha value is -3.10. The average molecular weight is 428 g/mol.